The zero-order valence-electron chi connectivity index (χ0n) is 11.3. The molecule has 1 aromatic carbocycles. The van der Waals surface area contributed by atoms with E-state index in [4.69, 9.17) is 5.11 Å². The van der Waals surface area contributed by atoms with Crippen LogP contribution in [-0.4, -0.2) is 43.0 Å². The van der Waals surface area contributed by atoms with Crippen LogP contribution in [-0.2, 0) is 10.0 Å². The molecule has 7 nitrogen and oxygen atoms in total. The minimum absolute atomic E-state index is 0.0791. The molecule has 0 atom stereocenters. The van der Waals surface area contributed by atoms with E-state index in [0.29, 0.717) is 0 Å². The number of benzene rings is 1. The third-order valence-electron chi connectivity index (χ3n) is 2.89. The first-order valence-electron chi connectivity index (χ1n) is 5.65. The molecular formula is C11H15FN2O5S. The highest BCUT2D eigenvalue weighted by Gasteiger charge is 2.31. The van der Waals surface area contributed by atoms with Gasteiger partial charge < -0.3 is 5.11 Å². The maximum absolute atomic E-state index is 13.6. The van der Waals surface area contributed by atoms with Gasteiger partial charge >= 0.3 is 5.69 Å². The van der Waals surface area contributed by atoms with Crippen LogP contribution in [0.3, 0.4) is 0 Å². The highest BCUT2D eigenvalue weighted by Crippen LogP contribution is 2.32. The van der Waals surface area contributed by atoms with E-state index in [2.05, 4.69) is 0 Å². The second-order valence-electron chi connectivity index (χ2n) is 4.29. The molecule has 20 heavy (non-hydrogen) atoms. The average Bonchev–Trinajstić information content (AvgIpc) is 2.26. The lowest BCUT2D eigenvalue weighted by Crippen LogP contribution is -2.31. The Kier molecular flexibility index (Phi) is 4.79. The Bertz CT molecular complexity index is 645. The maximum Gasteiger partial charge on any atom is 0.309 e. The van der Waals surface area contributed by atoms with Crippen molar-refractivity contribution in [1.82, 2.24) is 4.31 Å². The molecule has 1 rings (SSSR count). The SMILES string of the molecule is Cc1cc(F)c([N+](=O)[O-])c(C)c1S(=O)(=O)N(C)CCO. The molecule has 0 spiro atoms. The number of aliphatic hydroxyl groups is 1. The molecule has 0 saturated carbocycles. The zero-order chi connectivity index (χ0) is 15.7. The number of hydrogen-bond donors (Lipinski definition) is 1. The minimum Gasteiger partial charge on any atom is -0.395 e. The molecule has 0 aromatic heterocycles. The van der Waals surface area contributed by atoms with Crippen LogP contribution >= 0.6 is 0 Å². The molecule has 0 aliphatic heterocycles. The van der Waals surface area contributed by atoms with Gasteiger partial charge in [0.15, 0.2) is 0 Å². The van der Waals surface area contributed by atoms with Crippen LogP contribution in [0.2, 0.25) is 0 Å². The average molecular weight is 306 g/mol. The number of aryl methyl sites for hydroxylation is 1. The lowest BCUT2D eigenvalue weighted by molar-refractivity contribution is -0.388. The van der Waals surface area contributed by atoms with Gasteiger partial charge in [-0.2, -0.15) is 8.70 Å². The lowest BCUT2D eigenvalue weighted by Gasteiger charge is -2.19. The number of hydrogen-bond acceptors (Lipinski definition) is 5. The first kappa shape index (κ1) is 16.5. The van der Waals surface area contributed by atoms with Crippen LogP contribution in [0.5, 0.6) is 0 Å². The van der Waals surface area contributed by atoms with Gasteiger partial charge in [0.1, 0.15) is 0 Å². The number of nitro benzene ring substituents is 1. The topological polar surface area (TPSA) is 101 Å². The summed E-state index contributed by atoms with van der Waals surface area (Å²) in [5, 5.41) is 19.6. The van der Waals surface area contributed by atoms with E-state index in [1.165, 1.54) is 20.9 Å². The molecule has 0 fully saturated rings. The van der Waals surface area contributed by atoms with E-state index >= 15 is 0 Å². The standard InChI is InChI=1S/C11H15FN2O5S/c1-7-6-9(12)10(14(16)17)8(2)11(7)20(18,19)13(3)4-5-15/h6,15H,4-5H2,1-3H3. The van der Waals surface area contributed by atoms with Crippen LogP contribution in [0.15, 0.2) is 11.0 Å². The number of likely N-dealkylation sites (N-methyl/N-ethyl adjacent to an activating group) is 1. The summed E-state index contributed by atoms with van der Waals surface area (Å²) in [6.07, 6.45) is 0. The van der Waals surface area contributed by atoms with Gasteiger partial charge in [0.2, 0.25) is 15.8 Å². The maximum atomic E-state index is 13.6. The Hall–Kier alpha value is -1.58. The van der Waals surface area contributed by atoms with E-state index in [0.717, 1.165) is 10.4 Å². The van der Waals surface area contributed by atoms with Crippen LogP contribution in [0, 0.1) is 29.8 Å². The summed E-state index contributed by atoms with van der Waals surface area (Å²) in [5.74, 6) is -1.08. The van der Waals surface area contributed by atoms with Crippen molar-refractivity contribution < 1.29 is 22.8 Å². The van der Waals surface area contributed by atoms with E-state index in [1.807, 2.05) is 0 Å². The van der Waals surface area contributed by atoms with E-state index in [9.17, 15) is 22.9 Å². The van der Waals surface area contributed by atoms with Gasteiger partial charge in [-0.25, -0.2) is 8.42 Å². The minimum atomic E-state index is -4.03. The van der Waals surface area contributed by atoms with Gasteiger partial charge in [0.25, 0.3) is 0 Å². The number of aliphatic hydroxyl groups excluding tert-OH is 1. The summed E-state index contributed by atoms with van der Waals surface area (Å²) in [6, 6.07) is 0.824. The fourth-order valence-corrected chi connectivity index (χ4v) is 3.53. The molecule has 1 aromatic rings. The molecular weight excluding hydrogens is 291 g/mol. The first-order chi connectivity index (χ1) is 9.14. The van der Waals surface area contributed by atoms with Crippen molar-refractivity contribution in [2.24, 2.45) is 0 Å². The van der Waals surface area contributed by atoms with Gasteiger partial charge in [-0.3, -0.25) is 10.1 Å². The Morgan fingerprint density at radius 3 is 2.45 bits per heavy atom. The summed E-state index contributed by atoms with van der Waals surface area (Å²) in [5.41, 5.74) is -1.03. The molecule has 0 saturated heterocycles. The smallest absolute Gasteiger partial charge is 0.309 e. The largest absolute Gasteiger partial charge is 0.395 e. The van der Waals surface area contributed by atoms with Crippen molar-refractivity contribution in [3.8, 4) is 0 Å². The van der Waals surface area contributed by atoms with Gasteiger partial charge in [0, 0.05) is 13.6 Å². The van der Waals surface area contributed by atoms with Crippen molar-refractivity contribution in [2.45, 2.75) is 18.7 Å². The third kappa shape index (κ3) is 2.79. The third-order valence-corrected chi connectivity index (χ3v) is 5.04. The molecule has 112 valence electrons. The molecule has 0 aliphatic carbocycles. The van der Waals surface area contributed by atoms with Crippen molar-refractivity contribution in [1.29, 1.82) is 0 Å². The molecule has 0 heterocycles. The van der Waals surface area contributed by atoms with Crippen LogP contribution in [0.25, 0.3) is 0 Å². The Morgan fingerprint density at radius 2 is 2.00 bits per heavy atom. The van der Waals surface area contributed by atoms with Gasteiger partial charge in [-0.15, -0.1) is 0 Å². The van der Waals surface area contributed by atoms with Gasteiger partial charge in [0.05, 0.1) is 22.0 Å². The summed E-state index contributed by atoms with van der Waals surface area (Å²) < 4.78 is 39.1. The van der Waals surface area contributed by atoms with E-state index in [1.54, 1.807) is 0 Å². The van der Waals surface area contributed by atoms with Crippen molar-refractivity contribution in [3.05, 3.63) is 33.1 Å². The lowest BCUT2D eigenvalue weighted by atomic mass is 10.1. The van der Waals surface area contributed by atoms with Crippen LogP contribution in [0.4, 0.5) is 10.1 Å². The Morgan fingerprint density at radius 1 is 1.45 bits per heavy atom. The zero-order valence-corrected chi connectivity index (χ0v) is 12.1. The molecule has 0 bridgehead atoms. The predicted molar refractivity (Wildman–Crippen MR) is 69.4 cm³/mol. The monoisotopic (exact) mass is 306 g/mol. The fraction of sp³-hybridized carbons (Fsp3) is 0.455. The quantitative estimate of drug-likeness (QED) is 0.645. The molecule has 0 unspecified atom stereocenters. The second-order valence-corrected chi connectivity index (χ2v) is 6.27. The summed E-state index contributed by atoms with van der Waals surface area (Å²) >= 11 is 0. The first-order valence-corrected chi connectivity index (χ1v) is 7.09. The highest BCUT2D eigenvalue weighted by atomic mass is 32.2. The second kappa shape index (κ2) is 5.81. The number of rotatable bonds is 5. The molecule has 0 amide bonds. The van der Waals surface area contributed by atoms with Gasteiger partial charge in [-0.05, 0) is 25.5 Å². The van der Waals surface area contributed by atoms with E-state index in [-0.39, 0.29) is 22.6 Å². The molecule has 0 aliphatic rings. The van der Waals surface area contributed by atoms with Crippen molar-refractivity contribution in [3.63, 3.8) is 0 Å². The Labute approximate surface area is 115 Å². The number of sulfonamides is 1. The molecule has 0 radical (unpaired) electrons. The normalized spacial score (nSPS) is 11.9. The predicted octanol–water partition coefficient (Wildman–Crippen LogP) is 0.964. The van der Waals surface area contributed by atoms with Crippen molar-refractivity contribution >= 4 is 15.7 Å². The van der Waals surface area contributed by atoms with Crippen LogP contribution in [0.1, 0.15) is 11.1 Å². The Balaban J connectivity index is 3.62. The molecule has 9 heteroatoms. The molecule has 1 N–H and O–H groups in total. The number of nitro groups is 1. The van der Waals surface area contributed by atoms with E-state index < -0.39 is 33.1 Å². The summed E-state index contributed by atoms with van der Waals surface area (Å²) in [6.45, 7) is 2.00. The fourth-order valence-electron chi connectivity index (χ4n) is 1.94. The number of halogens is 1. The summed E-state index contributed by atoms with van der Waals surface area (Å²) in [4.78, 5) is 9.59. The summed E-state index contributed by atoms with van der Waals surface area (Å²) in [7, 11) is -2.80. The highest BCUT2D eigenvalue weighted by molar-refractivity contribution is 7.89. The van der Waals surface area contributed by atoms with Gasteiger partial charge in [-0.1, -0.05) is 0 Å². The van der Waals surface area contributed by atoms with Crippen molar-refractivity contribution in [2.75, 3.05) is 20.2 Å². The van der Waals surface area contributed by atoms with Crippen LogP contribution < -0.4 is 0 Å². The number of nitrogens with zero attached hydrogens (tertiary/aromatic N) is 2.